The first-order valence-corrected chi connectivity index (χ1v) is 11.2. The summed E-state index contributed by atoms with van der Waals surface area (Å²) in [4.78, 5) is 12.2. The number of fused-ring (bicyclic) bond motifs is 1. The Balaban J connectivity index is 1.51. The van der Waals surface area contributed by atoms with Gasteiger partial charge < -0.3 is 10.6 Å². The highest BCUT2D eigenvalue weighted by Gasteiger charge is 2.25. The third-order valence-corrected chi connectivity index (χ3v) is 6.67. The Morgan fingerprint density at radius 2 is 2.19 bits per heavy atom. The normalized spacial score (nSPS) is 18.2. The molecule has 0 spiro atoms. The Morgan fingerprint density at radius 1 is 1.35 bits per heavy atom. The van der Waals surface area contributed by atoms with Crippen LogP contribution in [0.1, 0.15) is 37.7 Å². The van der Waals surface area contributed by atoms with Gasteiger partial charge in [-0.3, -0.25) is 4.79 Å². The number of carbonyl (C=O) groups is 1. The van der Waals surface area contributed by atoms with Crippen LogP contribution in [0.4, 0.5) is 5.69 Å². The minimum absolute atomic E-state index is 0.122. The average Bonchev–Trinajstić information content (AvgIpc) is 2.60. The highest BCUT2D eigenvalue weighted by atomic mass is 32.2. The minimum Gasteiger partial charge on any atom is -0.355 e. The molecule has 0 aromatic heterocycles. The van der Waals surface area contributed by atoms with E-state index in [1.54, 1.807) is 18.2 Å². The quantitative estimate of drug-likeness (QED) is 0.750. The molecular formula is C18H23N3O3S2. The second-order valence-corrected chi connectivity index (χ2v) is 9.03. The van der Waals surface area contributed by atoms with E-state index >= 15 is 0 Å². The lowest BCUT2D eigenvalue weighted by Gasteiger charge is -2.18. The fourth-order valence-corrected chi connectivity index (χ4v) is 5.05. The molecule has 0 radical (unpaired) electrons. The Labute approximate surface area is 158 Å². The van der Waals surface area contributed by atoms with Gasteiger partial charge in [0.1, 0.15) is 4.90 Å². The van der Waals surface area contributed by atoms with Crippen molar-refractivity contribution in [3.05, 3.63) is 35.4 Å². The number of benzene rings is 1. The smallest absolute Gasteiger partial charge is 0.286 e. The molecule has 8 heteroatoms. The molecule has 140 valence electrons. The standard InChI is InChI=1S/C18H23N3O3S2/c1-13-7-8-16-15(11-13)20-18(21-26(16,23)24)25-12-17(22)19-10-9-14-5-3-2-4-6-14/h5,7-8,11H,2-4,6,9-10,12H2,1H3,(H,19,22)(H,20,21). The molecule has 6 nitrogen and oxygen atoms in total. The topological polar surface area (TPSA) is 87.6 Å². The van der Waals surface area contributed by atoms with Gasteiger partial charge in [-0.2, -0.15) is 8.42 Å². The van der Waals surface area contributed by atoms with E-state index in [0.29, 0.717) is 12.2 Å². The molecule has 0 fully saturated rings. The van der Waals surface area contributed by atoms with Gasteiger partial charge in [0.25, 0.3) is 10.0 Å². The van der Waals surface area contributed by atoms with E-state index in [1.807, 2.05) is 6.92 Å². The zero-order chi connectivity index (χ0) is 18.6. The molecule has 1 aromatic carbocycles. The summed E-state index contributed by atoms with van der Waals surface area (Å²) < 4.78 is 28.2. The van der Waals surface area contributed by atoms with E-state index < -0.39 is 10.0 Å². The average molecular weight is 394 g/mol. The lowest BCUT2D eigenvalue weighted by molar-refractivity contribution is -0.118. The van der Waals surface area contributed by atoms with Crippen molar-refractivity contribution < 1.29 is 13.2 Å². The number of thioether (sulfide) groups is 1. The second-order valence-electron chi connectivity index (χ2n) is 6.49. The molecule has 3 rings (SSSR count). The molecule has 1 amide bonds. The predicted octanol–water partition coefficient (Wildman–Crippen LogP) is 3.21. The molecule has 1 aliphatic carbocycles. The highest BCUT2D eigenvalue weighted by molar-refractivity contribution is 8.15. The summed E-state index contributed by atoms with van der Waals surface area (Å²) in [6, 6.07) is 5.05. The largest absolute Gasteiger partial charge is 0.355 e. The minimum atomic E-state index is -3.72. The van der Waals surface area contributed by atoms with Crippen LogP contribution in [0.15, 0.2) is 39.1 Å². The fraction of sp³-hybridized carbons (Fsp3) is 0.444. The number of sulfonamides is 1. The molecule has 0 unspecified atom stereocenters. The molecule has 26 heavy (non-hydrogen) atoms. The number of hydrogen-bond donors (Lipinski definition) is 2. The van der Waals surface area contributed by atoms with Crippen molar-refractivity contribution in [2.45, 2.75) is 43.9 Å². The maximum atomic E-state index is 12.2. The Hall–Kier alpha value is -1.80. The van der Waals surface area contributed by atoms with Crippen LogP contribution in [0.5, 0.6) is 0 Å². The molecule has 1 aromatic rings. The monoisotopic (exact) mass is 393 g/mol. The summed E-state index contributed by atoms with van der Waals surface area (Å²) in [5.74, 6) is 0.00464. The van der Waals surface area contributed by atoms with Gasteiger partial charge in [-0.25, -0.2) is 0 Å². The van der Waals surface area contributed by atoms with Crippen molar-refractivity contribution >= 4 is 38.5 Å². The van der Waals surface area contributed by atoms with Gasteiger partial charge in [0.15, 0.2) is 5.17 Å². The molecule has 1 heterocycles. The molecule has 0 saturated heterocycles. The SMILES string of the molecule is Cc1ccc2c(c1)NC(SCC(=O)NCCC1=CCCCC1)=NS2(=O)=O. The number of hydrogen-bond acceptors (Lipinski definition) is 5. The molecule has 2 aliphatic rings. The third-order valence-electron chi connectivity index (χ3n) is 4.35. The van der Waals surface area contributed by atoms with Crippen LogP contribution >= 0.6 is 11.8 Å². The number of allylic oxidation sites excluding steroid dienone is 1. The van der Waals surface area contributed by atoms with Crippen LogP contribution in [-0.4, -0.2) is 31.8 Å². The first-order valence-electron chi connectivity index (χ1n) is 8.74. The van der Waals surface area contributed by atoms with Crippen LogP contribution in [0.3, 0.4) is 0 Å². The maximum absolute atomic E-state index is 12.2. The molecule has 1 aliphatic heterocycles. The van der Waals surface area contributed by atoms with Crippen molar-refractivity contribution in [1.29, 1.82) is 0 Å². The highest BCUT2D eigenvalue weighted by Crippen LogP contribution is 2.30. The van der Waals surface area contributed by atoms with Gasteiger partial charge in [0, 0.05) is 6.54 Å². The van der Waals surface area contributed by atoms with Crippen LogP contribution < -0.4 is 10.6 Å². The van der Waals surface area contributed by atoms with E-state index in [2.05, 4.69) is 21.1 Å². The number of nitrogens with one attached hydrogen (secondary N) is 2. The second kappa shape index (κ2) is 8.26. The fourth-order valence-electron chi connectivity index (χ4n) is 3.00. The van der Waals surface area contributed by atoms with Crippen LogP contribution in [0.2, 0.25) is 0 Å². The van der Waals surface area contributed by atoms with Gasteiger partial charge in [-0.1, -0.05) is 29.5 Å². The van der Waals surface area contributed by atoms with Crippen molar-refractivity contribution in [3.8, 4) is 0 Å². The van der Waals surface area contributed by atoms with Gasteiger partial charge in [-0.15, -0.1) is 4.40 Å². The van der Waals surface area contributed by atoms with Crippen molar-refractivity contribution in [2.75, 3.05) is 17.6 Å². The van der Waals surface area contributed by atoms with Gasteiger partial charge in [0.05, 0.1) is 11.4 Å². The number of carbonyl (C=O) groups excluding carboxylic acids is 1. The van der Waals surface area contributed by atoms with Crippen LogP contribution in [0, 0.1) is 6.92 Å². The van der Waals surface area contributed by atoms with Gasteiger partial charge in [-0.05, 0) is 56.7 Å². The number of amides is 1. The van der Waals surface area contributed by atoms with E-state index in [9.17, 15) is 13.2 Å². The summed E-state index contributed by atoms with van der Waals surface area (Å²) >= 11 is 1.10. The van der Waals surface area contributed by atoms with E-state index in [1.165, 1.54) is 18.4 Å². The molecule has 0 bridgehead atoms. The lowest BCUT2D eigenvalue weighted by atomic mass is 9.97. The Morgan fingerprint density at radius 3 is 2.96 bits per heavy atom. The van der Waals surface area contributed by atoms with Gasteiger partial charge >= 0.3 is 0 Å². The molecular weight excluding hydrogens is 370 g/mol. The molecule has 0 atom stereocenters. The Bertz CT molecular complexity index is 860. The van der Waals surface area contributed by atoms with Gasteiger partial charge in [0.2, 0.25) is 5.91 Å². The van der Waals surface area contributed by atoms with E-state index in [4.69, 9.17) is 0 Å². The van der Waals surface area contributed by atoms with Crippen molar-refractivity contribution in [2.24, 2.45) is 4.40 Å². The summed E-state index contributed by atoms with van der Waals surface area (Å²) in [6.45, 7) is 2.51. The molecule has 0 saturated carbocycles. The van der Waals surface area contributed by atoms with Crippen LogP contribution in [-0.2, 0) is 14.8 Å². The number of aryl methyl sites for hydroxylation is 1. The lowest BCUT2D eigenvalue weighted by Crippen LogP contribution is -2.28. The summed E-state index contributed by atoms with van der Waals surface area (Å²) in [6.07, 6.45) is 7.91. The number of rotatable bonds is 5. The third kappa shape index (κ3) is 4.88. The first kappa shape index (κ1) is 19.0. The van der Waals surface area contributed by atoms with Crippen molar-refractivity contribution in [1.82, 2.24) is 5.32 Å². The number of nitrogens with zero attached hydrogens (tertiary/aromatic N) is 1. The first-order chi connectivity index (χ1) is 12.4. The zero-order valence-electron chi connectivity index (χ0n) is 14.7. The van der Waals surface area contributed by atoms with Crippen molar-refractivity contribution in [3.63, 3.8) is 0 Å². The number of amidine groups is 1. The summed E-state index contributed by atoms with van der Waals surface area (Å²) in [5.41, 5.74) is 2.88. The summed E-state index contributed by atoms with van der Waals surface area (Å²) in [7, 11) is -3.72. The van der Waals surface area contributed by atoms with E-state index in [-0.39, 0.29) is 21.7 Å². The number of anilines is 1. The van der Waals surface area contributed by atoms with Crippen LogP contribution in [0.25, 0.3) is 0 Å². The predicted molar refractivity (Wildman–Crippen MR) is 106 cm³/mol. The maximum Gasteiger partial charge on any atom is 0.286 e. The molecule has 2 N–H and O–H groups in total. The Kier molecular flexibility index (Phi) is 6.03. The van der Waals surface area contributed by atoms with E-state index in [0.717, 1.165) is 36.6 Å². The zero-order valence-corrected chi connectivity index (χ0v) is 16.4. The summed E-state index contributed by atoms with van der Waals surface area (Å²) in [5, 5.41) is 6.12.